The molecule has 3 N–H and O–H groups in total. The van der Waals surface area contributed by atoms with Gasteiger partial charge in [0.2, 0.25) is 11.9 Å². The smallest absolute Gasteiger partial charge is 0.224 e. The van der Waals surface area contributed by atoms with Crippen LogP contribution in [-0.2, 0) is 4.74 Å². The number of benzene rings is 1. The Labute approximate surface area is 186 Å². The maximum atomic E-state index is 14.3. The van der Waals surface area contributed by atoms with E-state index in [1.807, 2.05) is 0 Å². The zero-order valence-electron chi connectivity index (χ0n) is 19.9. The van der Waals surface area contributed by atoms with Crippen molar-refractivity contribution in [3.63, 3.8) is 0 Å². The van der Waals surface area contributed by atoms with E-state index in [-0.39, 0.29) is 30.8 Å². The first-order chi connectivity index (χ1) is 16.6. The van der Waals surface area contributed by atoms with Crippen LogP contribution in [0.1, 0.15) is 42.2 Å². The molecule has 1 saturated heterocycles. The SMILES string of the molecule is [2H]C1CC(Nc2ncc3nc(Nc4c(F)cc(F)cc4F)n(C4CCOC4)c3n2)C([2H])([2H])CC1O. The number of aliphatic hydroxyl groups excluding tert-OH is 1. The number of nitrogens with zero attached hydrogens (tertiary/aromatic N) is 4. The molecule has 1 aliphatic carbocycles. The third-order valence-electron chi connectivity index (χ3n) is 5.47. The minimum atomic E-state index is -1.79. The molecule has 32 heavy (non-hydrogen) atoms. The van der Waals surface area contributed by atoms with Gasteiger partial charge in [-0.15, -0.1) is 0 Å². The van der Waals surface area contributed by atoms with Crippen molar-refractivity contribution >= 4 is 28.7 Å². The third-order valence-corrected chi connectivity index (χ3v) is 5.47. The summed E-state index contributed by atoms with van der Waals surface area (Å²) >= 11 is 0. The van der Waals surface area contributed by atoms with Crippen LogP contribution in [0.3, 0.4) is 0 Å². The molecule has 2 aromatic heterocycles. The Bertz CT molecular complexity index is 1230. The van der Waals surface area contributed by atoms with E-state index in [2.05, 4.69) is 25.6 Å². The summed E-state index contributed by atoms with van der Waals surface area (Å²) in [6.45, 7) is 0.777. The van der Waals surface area contributed by atoms with Crippen molar-refractivity contribution in [3.8, 4) is 0 Å². The average molecular weight is 451 g/mol. The largest absolute Gasteiger partial charge is 0.393 e. The van der Waals surface area contributed by atoms with Gasteiger partial charge in [0.25, 0.3) is 0 Å². The van der Waals surface area contributed by atoms with Crippen LogP contribution in [0.4, 0.5) is 30.8 Å². The molecule has 4 unspecified atom stereocenters. The van der Waals surface area contributed by atoms with Gasteiger partial charge in [-0.05, 0) is 32.0 Å². The van der Waals surface area contributed by atoms with Crippen LogP contribution in [0.5, 0.6) is 0 Å². The van der Waals surface area contributed by atoms with Gasteiger partial charge in [0.15, 0.2) is 17.3 Å². The van der Waals surface area contributed by atoms with Crippen LogP contribution in [0.2, 0.25) is 0 Å². The number of hydrogen-bond acceptors (Lipinski definition) is 7. The van der Waals surface area contributed by atoms with E-state index in [1.54, 1.807) is 4.57 Å². The van der Waals surface area contributed by atoms with Crippen LogP contribution < -0.4 is 10.6 Å². The number of aliphatic hydroxyl groups is 1. The van der Waals surface area contributed by atoms with E-state index >= 15 is 0 Å². The molecule has 0 spiro atoms. The van der Waals surface area contributed by atoms with Gasteiger partial charge in [-0.25, -0.2) is 23.1 Å². The fourth-order valence-corrected chi connectivity index (χ4v) is 3.88. The number of halogens is 3. The molecular weight excluding hydrogens is 425 g/mol. The number of imidazole rings is 1. The molecule has 1 saturated carbocycles. The highest BCUT2D eigenvalue weighted by Crippen LogP contribution is 2.32. The molecule has 2 fully saturated rings. The van der Waals surface area contributed by atoms with Gasteiger partial charge in [0.05, 0.1) is 24.9 Å². The second-order valence-electron chi connectivity index (χ2n) is 7.74. The molecule has 170 valence electrons. The molecule has 11 heteroatoms. The van der Waals surface area contributed by atoms with Crippen LogP contribution in [0.25, 0.3) is 11.2 Å². The van der Waals surface area contributed by atoms with Gasteiger partial charge in [0, 0.05) is 28.9 Å². The molecule has 0 radical (unpaired) electrons. The Morgan fingerprint density at radius 2 is 1.97 bits per heavy atom. The molecule has 0 amide bonds. The van der Waals surface area contributed by atoms with Crippen LogP contribution >= 0.6 is 0 Å². The highest BCUT2D eigenvalue weighted by atomic mass is 19.1. The van der Waals surface area contributed by atoms with Crippen molar-refractivity contribution in [2.45, 2.75) is 50.2 Å². The Morgan fingerprint density at radius 1 is 1.16 bits per heavy atom. The normalized spacial score (nSPS) is 28.8. The van der Waals surface area contributed by atoms with E-state index in [1.165, 1.54) is 6.20 Å². The highest BCUT2D eigenvalue weighted by molar-refractivity contribution is 5.76. The Balaban J connectivity index is 1.52. The van der Waals surface area contributed by atoms with Crippen molar-refractivity contribution < 1.29 is 27.1 Å². The lowest BCUT2D eigenvalue weighted by atomic mass is 9.93. The molecule has 4 atom stereocenters. The van der Waals surface area contributed by atoms with E-state index in [9.17, 15) is 18.3 Å². The van der Waals surface area contributed by atoms with Gasteiger partial charge in [0.1, 0.15) is 17.0 Å². The standard InChI is InChI=1S/C21H23F3N6O2/c22-11-7-15(23)18(16(24)8-11)28-21-27-17-9-25-20(26-12-1-3-14(31)4-2-12)29-19(17)30(21)13-5-6-32-10-13/h7-9,12-14,31H,1-6,10H2,(H,27,28)(H,25,26,29)/i1D2,4D. The summed E-state index contributed by atoms with van der Waals surface area (Å²) in [6.07, 6.45) is -1.86. The van der Waals surface area contributed by atoms with Crippen LogP contribution in [-0.4, -0.2) is 50.0 Å². The maximum absolute atomic E-state index is 14.3. The molecule has 3 aromatic rings. The summed E-state index contributed by atoms with van der Waals surface area (Å²) in [6, 6.07) is 0.0592. The molecule has 1 aliphatic heterocycles. The fourth-order valence-electron chi connectivity index (χ4n) is 3.88. The van der Waals surface area contributed by atoms with Gasteiger partial charge >= 0.3 is 0 Å². The van der Waals surface area contributed by atoms with Gasteiger partial charge in [-0.1, -0.05) is 0 Å². The first-order valence-electron chi connectivity index (χ1n) is 11.8. The Kier molecular flexibility index (Phi) is 4.71. The van der Waals surface area contributed by atoms with Crippen molar-refractivity contribution in [1.29, 1.82) is 0 Å². The summed E-state index contributed by atoms with van der Waals surface area (Å²) < 4.78 is 73.5. The molecular formula is C21H23F3N6O2. The molecule has 8 nitrogen and oxygen atoms in total. The first kappa shape index (κ1) is 17.6. The topological polar surface area (TPSA) is 97.1 Å². The maximum Gasteiger partial charge on any atom is 0.224 e. The van der Waals surface area contributed by atoms with Crippen LogP contribution in [0, 0.1) is 17.5 Å². The Morgan fingerprint density at radius 3 is 2.72 bits per heavy atom. The second kappa shape index (κ2) is 8.55. The lowest BCUT2D eigenvalue weighted by Crippen LogP contribution is -2.29. The number of ether oxygens (including phenoxy) is 1. The van der Waals surface area contributed by atoms with E-state index in [0.717, 1.165) is 0 Å². The number of aromatic nitrogens is 4. The summed E-state index contributed by atoms with van der Waals surface area (Å²) in [5, 5.41) is 15.4. The molecule has 0 bridgehead atoms. The highest BCUT2D eigenvalue weighted by Gasteiger charge is 2.27. The number of fused-ring (bicyclic) bond motifs is 1. The summed E-state index contributed by atoms with van der Waals surface area (Å²) in [5.41, 5.74) is 0.0687. The Hall–Kier alpha value is -2.92. The van der Waals surface area contributed by atoms with Crippen molar-refractivity contribution in [3.05, 3.63) is 35.8 Å². The predicted molar refractivity (Wildman–Crippen MR) is 111 cm³/mol. The quantitative estimate of drug-likeness (QED) is 0.545. The molecule has 5 rings (SSSR count). The van der Waals surface area contributed by atoms with Crippen LogP contribution in [0.15, 0.2) is 18.3 Å². The van der Waals surface area contributed by atoms with E-state index in [4.69, 9.17) is 8.85 Å². The number of rotatable bonds is 5. The summed E-state index contributed by atoms with van der Waals surface area (Å²) in [4.78, 5) is 13.1. The monoisotopic (exact) mass is 451 g/mol. The third kappa shape index (κ3) is 4.09. The number of anilines is 3. The average Bonchev–Trinajstić information content (AvgIpc) is 3.41. The molecule has 3 heterocycles. The lowest BCUT2D eigenvalue weighted by molar-refractivity contribution is 0.126. The second-order valence-corrected chi connectivity index (χ2v) is 7.74. The first-order valence-corrected chi connectivity index (χ1v) is 10.2. The van der Waals surface area contributed by atoms with Gasteiger partial charge < -0.3 is 20.5 Å². The van der Waals surface area contributed by atoms with E-state index < -0.39 is 48.1 Å². The van der Waals surface area contributed by atoms with Crippen molar-refractivity contribution in [2.75, 3.05) is 23.8 Å². The van der Waals surface area contributed by atoms with E-state index in [0.29, 0.717) is 42.9 Å². The zero-order valence-corrected chi connectivity index (χ0v) is 16.9. The minimum Gasteiger partial charge on any atom is -0.393 e. The van der Waals surface area contributed by atoms with Crippen molar-refractivity contribution in [1.82, 2.24) is 19.5 Å². The molecule has 2 aliphatic rings. The lowest BCUT2D eigenvalue weighted by Gasteiger charge is -2.26. The fraction of sp³-hybridized carbons (Fsp3) is 0.476. The van der Waals surface area contributed by atoms with Gasteiger partial charge in [-0.3, -0.25) is 4.57 Å². The number of hydrogen-bond donors (Lipinski definition) is 3. The number of nitrogens with one attached hydrogen (secondary N) is 2. The predicted octanol–water partition coefficient (Wildman–Crippen LogP) is 3.66. The van der Waals surface area contributed by atoms with Crippen molar-refractivity contribution in [2.24, 2.45) is 0 Å². The van der Waals surface area contributed by atoms with Gasteiger partial charge in [-0.2, -0.15) is 4.98 Å². The molecule has 1 aromatic carbocycles. The zero-order chi connectivity index (χ0) is 24.9. The summed E-state index contributed by atoms with van der Waals surface area (Å²) in [7, 11) is 0. The minimum absolute atomic E-state index is 0.0568. The summed E-state index contributed by atoms with van der Waals surface area (Å²) in [5.74, 6) is -3.14.